The van der Waals surface area contributed by atoms with E-state index in [1.807, 2.05) is 25.1 Å². The lowest BCUT2D eigenvalue weighted by atomic mass is 9.74. The summed E-state index contributed by atoms with van der Waals surface area (Å²) in [6.07, 6.45) is 2.16. The van der Waals surface area contributed by atoms with Gasteiger partial charge in [0.25, 0.3) is 0 Å². The minimum absolute atomic E-state index is 0.421. The zero-order valence-electron chi connectivity index (χ0n) is 17.7. The smallest absolute Gasteiger partial charge is 0.301 e. The van der Waals surface area contributed by atoms with E-state index in [0.717, 1.165) is 9.87 Å². The second kappa shape index (κ2) is 7.85. The molecular formula is C21H27ClN4O3S. The van der Waals surface area contributed by atoms with E-state index in [0.29, 0.717) is 28.0 Å². The fourth-order valence-electron chi connectivity index (χ4n) is 3.92. The largest absolute Gasteiger partial charge is 0.388 e. The maximum atomic E-state index is 12.4. The number of nitrogens with one attached hydrogen (secondary N) is 1. The van der Waals surface area contributed by atoms with E-state index in [9.17, 15) is 13.5 Å². The minimum atomic E-state index is -3.68. The Morgan fingerprint density at radius 3 is 2.33 bits per heavy atom. The van der Waals surface area contributed by atoms with Crippen molar-refractivity contribution >= 4 is 38.4 Å². The first-order valence-electron chi connectivity index (χ1n) is 9.60. The Hall–Kier alpha value is -2.13. The van der Waals surface area contributed by atoms with Crippen molar-refractivity contribution < 1.29 is 13.5 Å². The molecule has 0 amide bonds. The number of nitrogens with zero attached hydrogens (tertiary/aromatic N) is 3. The summed E-state index contributed by atoms with van der Waals surface area (Å²) >= 11 is 6.09. The number of aromatic nitrogens is 2. The van der Waals surface area contributed by atoms with Gasteiger partial charge in [0, 0.05) is 24.5 Å². The van der Waals surface area contributed by atoms with Crippen LogP contribution in [0, 0.1) is 0 Å². The topological polar surface area (TPSA) is 87.5 Å². The Balaban J connectivity index is 2.27. The van der Waals surface area contributed by atoms with Gasteiger partial charge in [0.1, 0.15) is 5.54 Å². The molecule has 7 nitrogen and oxygen atoms in total. The maximum absolute atomic E-state index is 12.4. The van der Waals surface area contributed by atoms with Gasteiger partial charge < -0.3 is 5.11 Å². The van der Waals surface area contributed by atoms with Crippen LogP contribution in [0.25, 0.3) is 10.9 Å². The molecule has 1 unspecified atom stereocenters. The van der Waals surface area contributed by atoms with Crippen molar-refractivity contribution in [1.29, 1.82) is 0 Å². The fraction of sp³-hybridized carbons (Fsp3) is 0.381. The maximum Gasteiger partial charge on any atom is 0.301 e. The normalized spacial score (nSPS) is 14.8. The molecule has 3 aromatic rings. The average molecular weight is 451 g/mol. The molecule has 2 aromatic carbocycles. The van der Waals surface area contributed by atoms with Crippen LogP contribution in [-0.4, -0.2) is 47.3 Å². The zero-order chi connectivity index (χ0) is 22.3. The zero-order valence-corrected chi connectivity index (χ0v) is 19.3. The summed E-state index contributed by atoms with van der Waals surface area (Å²) in [6, 6.07) is 12.7. The molecule has 0 saturated carbocycles. The van der Waals surface area contributed by atoms with Crippen LogP contribution in [0.15, 0.2) is 48.7 Å². The molecule has 0 bridgehead atoms. The van der Waals surface area contributed by atoms with Crippen LogP contribution in [-0.2, 0) is 15.7 Å². The molecule has 0 aliphatic rings. The summed E-state index contributed by atoms with van der Waals surface area (Å²) in [5.41, 5.74) is -0.116. The molecule has 0 spiro atoms. The van der Waals surface area contributed by atoms with Crippen LogP contribution in [0.4, 0.5) is 5.69 Å². The molecule has 0 aliphatic heterocycles. The summed E-state index contributed by atoms with van der Waals surface area (Å²) in [7, 11) is -0.755. The Labute approximate surface area is 182 Å². The van der Waals surface area contributed by atoms with Crippen molar-refractivity contribution in [3.63, 3.8) is 0 Å². The molecule has 1 atom stereocenters. The van der Waals surface area contributed by atoms with Gasteiger partial charge in [-0.3, -0.25) is 9.40 Å². The van der Waals surface area contributed by atoms with Crippen molar-refractivity contribution in [2.75, 3.05) is 18.8 Å². The molecule has 30 heavy (non-hydrogen) atoms. The van der Waals surface area contributed by atoms with Crippen molar-refractivity contribution in [3.05, 3.63) is 59.2 Å². The second-order valence-electron chi connectivity index (χ2n) is 7.96. The summed E-state index contributed by atoms with van der Waals surface area (Å²) in [5, 5.41) is 17.2. The van der Waals surface area contributed by atoms with Gasteiger partial charge in [0.15, 0.2) is 0 Å². The van der Waals surface area contributed by atoms with Gasteiger partial charge in [0.2, 0.25) is 0 Å². The lowest BCUT2D eigenvalue weighted by molar-refractivity contribution is -0.0297. The molecule has 162 valence electrons. The lowest BCUT2D eigenvalue weighted by Gasteiger charge is -2.44. The molecule has 1 aromatic heterocycles. The highest BCUT2D eigenvalue weighted by Gasteiger charge is 2.47. The third-order valence-electron chi connectivity index (χ3n) is 5.54. The number of hydrogen-bond acceptors (Lipinski definition) is 4. The Morgan fingerprint density at radius 1 is 1.17 bits per heavy atom. The highest BCUT2D eigenvalue weighted by molar-refractivity contribution is 7.90. The lowest BCUT2D eigenvalue weighted by Crippen LogP contribution is -2.53. The van der Waals surface area contributed by atoms with Crippen molar-refractivity contribution in [2.24, 2.45) is 0 Å². The van der Waals surface area contributed by atoms with Gasteiger partial charge in [-0.2, -0.15) is 17.8 Å². The van der Waals surface area contributed by atoms with E-state index < -0.39 is 21.3 Å². The van der Waals surface area contributed by atoms with Crippen molar-refractivity contribution in [1.82, 2.24) is 14.1 Å². The molecule has 0 fully saturated rings. The van der Waals surface area contributed by atoms with E-state index in [4.69, 9.17) is 11.6 Å². The number of rotatable bonds is 7. The third kappa shape index (κ3) is 3.69. The van der Waals surface area contributed by atoms with Gasteiger partial charge in [-0.25, -0.2) is 0 Å². The predicted octanol–water partition coefficient (Wildman–Crippen LogP) is 3.83. The van der Waals surface area contributed by atoms with Gasteiger partial charge in [-0.15, -0.1) is 0 Å². The van der Waals surface area contributed by atoms with Crippen LogP contribution >= 0.6 is 11.6 Å². The summed E-state index contributed by atoms with van der Waals surface area (Å²) in [6.45, 7) is 5.48. The summed E-state index contributed by atoms with van der Waals surface area (Å²) in [4.78, 5) is 0. The van der Waals surface area contributed by atoms with E-state index in [1.165, 1.54) is 14.1 Å². The van der Waals surface area contributed by atoms with Crippen LogP contribution in [0.2, 0.25) is 5.02 Å². The molecule has 0 radical (unpaired) electrons. The summed E-state index contributed by atoms with van der Waals surface area (Å²) < 4.78 is 30.2. The van der Waals surface area contributed by atoms with Crippen LogP contribution in [0.1, 0.15) is 32.8 Å². The standard InChI is InChI=1S/C21H27ClN4O3S/c1-6-21(20(2,3)27,15-10-12-16(22)13-11-15)26-19-9-7-8-18(17(19)14-23-26)24-30(28,29)25(4)5/h7-14,24,27H,6H2,1-5H3. The fourth-order valence-corrected chi connectivity index (χ4v) is 4.69. The number of anilines is 1. The number of halogens is 1. The third-order valence-corrected chi connectivity index (χ3v) is 7.23. The molecular weight excluding hydrogens is 424 g/mol. The van der Waals surface area contributed by atoms with Crippen molar-refractivity contribution in [3.8, 4) is 0 Å². The quantitative estimate of drug-likeness (QED) is 0.572. The number of hydrogen-bond donors (Lipinski definition) is 2. The van der Waals surface area contributed by atoms with Gasteiger partial charge in [-0.05, 0) is 50.1 Å². The molecule has 3 rings (SSSR count). The number of fused-ring (bicyclic) bond motifs is 1. The van der Waals surface area contributed by atoms with Gasteiger partial charge >= 0.3 is 10.2 Å². The molecule has 9 heteroatoms. The average Bonchev–Trinajstić information content (AvgIpc) is 3.08. The monoisotopic (exact) mass is 450 g/mol. The van der Waals surface area contributed by atoms with Crippen LogP contribution in [0.5, 0.6) is 0 Å². The second-order valence-corrected chi connectivity index (χ2v) is 10.3. The first kappa shape index (κ1) is 22.6. The summed E-state index contributed by atoms with van der Waals surface area (Å²) in [5.74, 6) is 0. The van der Waals surface area contributed by atoms with Gasteiger partial charge in [0.05, 0.1) is 23.0 Å². The Morgan fingerprint density at radius 2 is 1.80 bits per heavy atom. The predicted molar refractivity (Wildman–Crippen MR) is 121 cm³/mol. The highest BCUT2D eigenvalue weighted by Crippen LogP contribution is 2.42. The van der Waals surface area contributed by atoms with E-state index >= 15 is 0 Å². The van der Waals surface area contributed by atoms with Crippen LogP contribution in [0.3, 0.4) is 0 Å². The van der Waals surface area contributed by atoms with Crippen LogP contribution < -0.4 is 4.72 Å². The minimum Gasteiger partial charge on any atom is -0.388 e. The molecule has 0 saturated heterocycles. The van der Waals surface area contributed by atoms with Gasteiger partial charge in [-0.1, -0.05) is 36.7 Å². The molecule has 1 heterocycles. The highest BCUT2D eigenvalue weighted by atomic mass is 35.5. The Kier molecular flexibility index (Phi) is 5.90. The molecule has 0 aliphatic carbocycles. The van der Waals surface area contributed by atoms with Crippen molar-refractivity contribution in [2.45, 2.75) is 38.3 Å². The SMILES string of the molecule is CCC(c1ccc(Cl)cc1)(n1ncc2c(NS(=O)(=O)N(C)C)cccc21)C(C)(C)O. The van der Waals surface area contributed by atoms with E-state index in [2.05, 4.69) is 9.82 Å². The first-order chi connectivity index (χ1) is 13.9. The molecule has 2 N–H and O–H groups in total. The number of aliphatic hydroxyl groups is 1. The van der Waals surface area contributed by atoms with E-state index in [-0.39, 0.29) is 0 Å². The Bertz CT molecular complexity index is 1150. The first-order valence-corrected chi connectivity index (χ1v) is 11.4. The van der Waals surface area contributed by atoms with E-state index in [1.54, 1.807) is 49.0 Å². The number of benzene rings is 2.